The van der Waals surface area contributed by atoms with Crippen molar-refractivity contribution >= 4 is 29.3 Å². The fraction of sp³-hybridized carbons (Fsp3) is 0.318. The summed E-state index contributed by atoms with van der Waals surface area (Å²) in [6.45, 7) is 8.67. The van der Waals surface area contributed by atoms with E-state index < -0.39 is 29.7 Å². The van der Waals surface area contributed by atoms with Gasteiger partial charge in [0, 0.05) is 11.4 Å². The van der Waals surface area contributed by atoms with Crippen LogP contribution in [0, 0.1) is 6.92 Å². The summed E-state index contributed by atoms with van der Waals surface area (Å²) in [5.74, 6) is -1.11. The van der Waals surface area contributed by atoms with E-state index in [1.807, 2.05) is 25.1 Å². The molecule has 0 aliphatic rings. The highest BCUT2D eigenvalue weighted by Gasteiger charge is 2.20. The van der Waals surface area contributed by atoms with Crippen LogP contribution in [0.2, 0.25) is 0 Å². The lowest BCUT2D eigenvalue weighted by atomic mass is 10.2. The van der Waals surface area contributed by atoms with E-state index in [2.05, 4.69) is 10.6 Å². The van der Waals surface area contributed by atoms with E-state index in [9.17, 15) is 14.4 Å². The summed E-state index contributed by atoms with van der Waals surface area (Å²) < 4.78 is 10.4. The number of nitrogens with one attached hydrogen (secondary N) is 2. The Morgan fingerprint density at radius 3 is 2.17 bits per heavy atom. The monoisotopic (exact) mass is 398 g/mol. The molecule has 1 atom stereocenters. The van der Waals surface area contributed by atoms with Crippen LogP contribution in [0.25, 0.3) is 0 Å². The Bertz CT molecular complexity index is 902. The largest absolute Gasteiger partial charge is 0.449 e. The van der Waals surface area contributed by atoms with E-state index in [1.165, 1.54) is 19.1 Å². The summed E-state index contributed by atoms with van der Waals surface area (Å²) in [7, 11) is 0. The molecule has 1 unspecified atom stereocenters. The number of aryl methyl sites for hydroxylation is 1. The lowest BCUT2D eigenvalue weighted by Crippen LogP contribution is -2.30. The van der Waals surface area contributed by atoms with Crippen molar-refractivity contribution in [3.63, 3.8) is 0 Å². The fourth-order valence-electron chi connectivity index (χ4n) is 2.39. The number of carbonyl (C=O) groups is 3. The predicted molar refractivity (Wildman–Crippen MR) is 111 cm³/mol. The van der Waals surface area contributed by atoms with Gasteiger partial charge in [-0.2, -0.15) is 0 Å². The van der Waals surface area contributed by atoms with Gasteiger partial charge in [-0.15, -0.1) is 0 Å². The Morgan fingerprint density at radius 2 is 1.55 bits per heavy atom. The minimum Gasteiger partial charge on any atom is -0.449 e. The molecule has 0 aliphatic carbocycles. The maximum absolute atomic E-state index is 12.4. The number of amides is 2. The van der Waals surface area contributed by atoms with Crippen molar-refractivity contribution < 1.29 is 23.9 Å². The number of anilines is 2. The molecule has 29 heavy (non-hydrogen) atoms. The van der Waals surface area contributed by atoms with Gasteiger partial charge in [0.05, 0.1) is 5.56 Å². The molecule has 0 aliphatic heterocycles. The zero-order chi connectivity index (χ0) is 21.6. The summed E-state index contributed by atoms with van der Waals surface area (Å²) in [6.07, 6.45) is -1.63. The SMILES string of the molecule is Cc1cccc(NC(=O)C(C)OC(=O)c2cccc(NC(=O)OC(C)(C)C)c2)c1. The lowest BCUT2D eigenvalue weighted by Gasteiger charge is -2.19. The number of rotatable bonds is 5. The molecule has 0 radical (unpaired) electrons. The predicted octanol–water partition coefficient (Wildman–Crippen LogP) is 4.53. The molecule has 0 aromatic heterocycles. The topological polar surface area (TPSA) is 93.7 Å². The Kier molecular flexibility index (Phi) is 6.98. The van der Waals surface area contributed by atoms with Crippen LogP contribution in [0.15, 0.2) is 48.5 Å². The van der Waals surface area contributed by atoms with Crippen molar-refractivity contribution in [3.05, 3.63) is 59.7 Å². The van der Waals surface area contributed by atoms with Crippen LogP contribution in [-0.2, 0) is 14.3 Å². The molecule has 2 rings (SSSR count). The normalized spacial score (nSPS) is 11.9. The lowest BCUT2D eigenvalue weighted by molar-refractivity contribution is -0.123. The van der Waals surface area contributed by atoms with E-state index in [0.29, 0.717) is 11.4 Å². The highest BCUT2D eigenvalue weighted by Crippen LogP contribution is 2.16. The van der Waals surface area contributed by atoms with Crippen molar-refractivity contribution in [1.29, 1.82) is 0 Å². The van der Waals surface area contributed by atoms with Gasteiger partial charge in [-0.05, 0) is 70.5 Å². The first-order valence-electron chi connectivity index (χ1n) is 9.22. The van der Waals surface area contributed by atoms with Gasteiger partial charge in [-0.1, -0.05) is 18.2 Å². The second kappa shape index (κ2) is 9.23. The van der Waals surface area contributed by atoms with Crippen LogP contribution in [0.5, 0.6) is 0 Å². The van der Waals surface area contributed by atoms with Gasteiger partial charge in [-0.3, -0.25) is 10.1 Å². The second-order valence-corrected chi connectivity index (χ2v) is 7.61. The smallest absolute Gasteiger partial charge is 0.412 e. The van der Waals surface area contributed by atoms with Gasteiger partial charge in [-0.25, -0.2) is 9.59 Å². The Labute approximate surface area is 170 Å². The molecule has 0 saturated heterocycles. The average Bonchev–Trinajstić information content (AvgIpc) is 2.60. The van der Waals surface area contributed by atoms with Gasteiger partial charge in [0.1, 0.15) is 5.60 Å². The Hall–Kier alpha value is -3.35. The van der Waals surface area contributed by atoms with Gasteiger partial charge < -0.3 is 14.8 Å². The molecule has 2 amide bonds. The van der Waals surface area contributed by atoms with Crippen molar-refractivity contribution in [1.82, 2.24) is 0 Å². The van der Waals surface area contributed by atoms with E-state index in [-0.39, 0.29) is 5.56 Å². The van der Waals surface area contributed by atoms with Crippen LogP contribution < -0.4 is 10.6 Å². The van der Waals surface area contributed by atoms with Gasteiger partial charge in [0.25, 0.3) is 5.91 Å². The molecule has 2 N–H and O–H groups in total. The standard InChI is InChI=1S/C22H26N2O5/c1-14-8-6-10-17(12-14)23-19(25)15(2)28-20(26)16-9-7-11-18(13-16)24-21(27)29-22(3,4)5/h6-13,15H,1-5H3,(H,23,25)(H,24,27). The Morgan fingerprint density at radius 1 is 0.931 bits per heavy atom. The fourth-order valence-corrected chi connectivity index (χ4v) is 2.39. The molecule has 0 spiro atoms. The first-order chi connectivity index (χ1) is 13.5. The minimum absolute atomic E-state index is 0.203. The molecule has 0 heterocycles. The summed E-state index contributed by atoms with van der Waals surface area (Å²) in [5.41, 5.74) is 1.57. The number of hydrogen-bond donors (Lipinski definition) is 2. The number of esters is 1. The van der Waals surface area contributed by atoms with Crippen LogP contribution in [0.3, 0.4) is 0 Å². The van der Waals surface area contributed by atoms with Crippen molar-refractivity contribution in [2.24, 2.45) is 0 Å². The summed E-state index contributed by atoms with van der Waals surface area (Å²) in [5, 5.41) is 5.27. The number of hydrogen-bond acceptors (Lipinski definition) is 5. The molecule has 2 aromatic rings. The average molecular weight is 398 g/mol. The highest BCUT2D eigenvalue weighted by molar-refractivity contribution is 5.98. The first kappa shape index (κ1) is 21.9. The van der Waals surface area contributed by atoms with Crippen LogP contribution in [-0.4, -0.2) is 29.7 Å². The van der Waals surface area contributed by atoms with Crippen LogP contribution in [0.1, 0.15) is 43.6 Å². The van der Waals surface area contributed by atoms with E-state index in [0.717, 1.165) is 5.56 Å². The van der Waals surface area contributed by atoms with E-state index >= 15 is 0 Å². The highest BCUT2D eigenvalue weighted by atomic mass is 16.6. The third-order valence-electron chi connectivity index (χ3n) is 3.68. The number of benzene rings is 2. The summed E-state index contributed by atoms with van der Waals surface area (Å²) in [4.78, 5) is 36.5. The van der Waals surface area contributed by atoms with Gasteiger partial charge in [0.15, 0.2) is 6.10 Å². The number of ether oxygens (including phenoxy) is 2. The van der Waals surface area contributed by atoms with Gasteiger partial charge >= 0.3 is 12.1 Å². The molecular weight excluding hydrogens is 372 g/mol. The third kappa shape index (κ3) is 7.29. The quantitative estimate of drug-likeness (QED) is 0.722. The summed E-state index contributed by atoms with van der Waals surface area (Å²) >= 11 is 0. The van der Waals surface area contributed by atoms with Crippen LogP contribution >= 0.6 is 0 Å². The van der Waals surface area contributed by atoms with E-state index in [4.69, 9.17) is 9.47 Å². The summed E-state index contributed by atoms with van der Waals surface area (Å²) in [6, 6.07) is 13.5. The molecule has 7 nitrogen and oxygen atoms in total. The first-order valence-corrected chi connectivity index (χ1v) is 9.22. The van der Waals surface area contributed by atoms with Crippen LogP contribution in [0.4, 0.5) is 16.2 Å². The maximum Gasteiger partial charge on any atom is 0.412 e. The zero-order valence-electron chi connectivity index (χ0n) is 17.2. The second-order valence-electron chi connectivity index (χ2n) is 7.61. The maximum atomic E-state index is 12.4. The molecule has 0 fully saturated rings. The van der Waals surface area contributed by atoms with Crippen molar-refractivity contribution in [2.75, 3.05) is 10.6 Å². The molecule has 7 heteroatoms. The molecular formula is C22H26N2O5. The van der Waals surface area contributed by atoms with Crippen molar-refractivity contribution in [3.8, 4) is 0 Å². The van der Waals surface area contributed by atoms with E-state index in [1.54, 1.807) is 39.0 Å². The van der Waals surface area contributed by atoms with Gasteiger partial charge in [0.2, 0.25) is 0 Å². The zero-order valence-corrected chi connectivity index (χ0v) is 17.2. The molecule has 0 bridgehead atoms. The Balaban J connectivity index is 1.97. The molecule has 2 aromatic carbocycles. The molecule has 0 saturated carbocycles. The molecule has 154 valence electrons. The van der Waals surface area contributed by atoms with Crippen molar-refractivity contribution in [2.45, 2.75) is 46.3 Å². The number of carbonyl (C=O) groups excluding carboxylic acids is 3. The third-order valence-corrected chi connectivity index (χ3v) is 3.68. The minimum atomic E-state index is -0.995.